The molecule has 0 radical (unpaired) electrons. The standard InChI is InChI=1S/C21H15ClN6O/c1-14-25-19(11-23)21(29-14)26-24-12-16-13-28(18-5-3-2-4-6-18)27-20(16)15-7-9-17(22)10-8-15/h2-10,12-13,26H,1H3/b24-12+. The number of aromatic nitrogens is 3. The van der Waals surface area contributed by atoms with Crippen molar-refractivity contribution < 1.29 is 4.42 Å². The summed E-state index contributed by atoms with van der Waals surface area (Å²) in [6.45, 7) is 1.66. The van der Waals surface area contributed by atoms with Crippen LogP contribution in [0.2, 0.25) is 5.02 Å². The maximum Gasteiger partial charge on any atom is 0.252 e. The van der Waals surface area contributed by atoms with Gasteiger partial charge in [0.2, 0.25) is 5.69 Å². The number of nitrogens with one attached hydrogen (secondary N) is 1. The van der Waals surface area contributed by atoms with Gasteiger partial charge in [-0.15, -0.1) is 0 Å². The number of hydrogen-bond acceptors (Lipinski definition) is 6. The minimum Gasteiger partial charge on any atom is -0.422 e. The summed E-state index contributed by atoms with van der Waals surface area (Å²) < 4.78 is 7.13. The van der Waals surface area contributed by atoms with Gasteiger partial charge in [0, 0.05) is 29.3 Å². The first kappa shape index (κ1) is 18.5. The molecular formula is C21H15ClN6O. The Kier molecular flexibility index (Phi) is 5.10. The van der Waals surface area contributed by atoms with Crippen LogP contribution in [0.5, 0.6) is 0 Å². The summed E-state index contributed by atoms with van der Waals surface area (Å²) >= 11 is 6.02. The summed E-state index contributed by atoms with van der Waals surface area (Å²) in [6, 6.07) is 19.2. The molecule has 7 nitrogen and oxygen atoms in total. The van der Waals surface area contributed by atoms with Crippen LogP contribution in [0.25, 0.3) is 16.9 Å². The monoisotopic (exact) mass is 402 g/mol. The molecule has 2 aromatic heterocycles. The number of benzene rings is 2. The summed E-state index contributed by atoms with van der Waals surface area (Å²) in [5.41, 5.74) is 6.22. The highest BCUT2D eigenvalue weighted by Gasteiger charge is 2.12. The van der Waals surface area contributed by atoms with Crippen molar-refractivity contribution in [2.24, 2.45) is 5.10 Å². The Morgan fingerprint density at radius 1 is 1.17 bits per heavy atom. The zero-order valence-corrected chi connectivity index (χ0v) is 16.1. The van der Waals surface area contributed by atoms with Crippen molar-refractivity contribution in [1.82, 2.24) is 14.8 Å². The normalized spacial score (nSPS) is 10.9. The first-order valence-corrected chi connectivity index (χ1v) is 9.09. The lowest BCUT2D eigenvalue weighted by Gasteiger charge is -2.00. The lowest BCUT2D eigenvalue weighted by atomic mass is 10.1. The minimum atomic E-state index is 0.151. The molecule has 0 unspecified atom stereocenters. The molecule has 4 aromatic rings. The van der Waals surface area contributed by atoms with E-state index in [-0.39, 0.29) is 11.6 Å². The Bertz CT molecular complexity index is 1200. The average Bonchev–Trinajstić information content (AvgIpc) is 3.32. The van der Waals surface area contributed by atoms with Gasteiger partial charge in [-0.25, -0.2) is 15.1 Å². The van der Waals surface area contributed by atoms with E-state index >= 15 is 0 Å². The third-order valence-electron chi connectivity index (χ3n) is 4.09. The van der Waals surface area contributed by atoms with Crippen LogP contribution in [0, 0.1) is 18.3 Å². The van der Waals surface area contributed by atoms with Crippen molar-refractivity contribution in [3.63, 3.8) is 0 Å². The quantitative estimate of drug-likeness (QED) is 0.382. The zero-order chi connectivity index (χ0) is 20.2. The van der Waals surface area contributed by atoms with Crippen LogP contribution in [-0.4, -0.2) is 21.0 Å². The lowest BCUT2D eigenvalue weighted by molar-refractivity contribution is 0.533. The third kappa shape index (κ3) is 4.03. The van der Waals surface area contributed by atoms with Crippen LogP contribution in [0.3, 0.4) is 0 Å². The van der Waals surface area contributed by atoms with Crippen molar-refractivity contribution in [3.8, 4) is 23.0 Å². The van der Waals surface area contributed by atoms with E-state index in [1.807, 2.05) is 66.9 Å². The first-order chi connectivity index (χ1) is 14.1. The second-order valence-corrected chi connectivity index (χ2v) is 6.55. The summed E-state index contributed by atoms with van der Waals surface area (Å²) in [5, 5.41) is 18.7. The number of anilines is 1. The molecule has 29 heavy (non-hydrogen) atoms. The largest absolute Gasteiger partial charge is 0.422 e. The average molecular weight is 403 g/mol. The third-order valence-corrected chi connectivity index (χ3v) is 4.34. The van der Waals surface area contributed by atoms with E-state index in [0.717, 1.165) is 22.5 Å². The molecule has 0 bridgehead atoms. The summed E-state index contributed by atoms with van der Waals surface area (Å²) in [7, 11) is 0. The van der Waals surface area contributed by atoms with Crippen LogP contribution in [0.15, 0.2) is 70.3 Å². The molecule has 0 amide bonds. The number of rotatable bonds is 5. The predicted molar refractivity (Wildman–Crippen MR) is 111 cm³/mol. The molecular weight excluding hydrogens is 388 g/mol. The van der Waals surface area contributed by atoms with Gasteiger partial charge in [-0.2, -0.15) is 15.5 Å². The number of hydrazone groups is 1. The maximum atomic E-state index is 9.10. The van der Waals surface area contributed by atoms with Crippen molar-refractivity contribution in [2.75, 3.05) is 5.43 Å². The first-order valence-electron chi connectivity index (χ1n) is 8.71. The van der Waals surface area contributed by atoms with Gasteiger partial charge in [-0.05, 0) is 24.3 Å². The predicted octanol–water partition coefficient (Wildman–Crippen LogP) is 4.81. The number of oxazole rings is 1. The minimum absolute atomic E-state index is 0.151. The van der Waals surface area contributed by atoms with Crippen molar-refractivity contribution >= 4 is 23.7 Å². The molecule has 1 N–H and O–H groups in total. The highest BCUT2D eigenvalue weighted by Crippen LogP contribution is 2.24. The smallest absolute Gasteiger partial charge is 0.252 e. The topological polar surface area (TPSA) is 92.0 Å². The van der Waals surface area contributed by atoms with Crippen molar-refractivity contribution in [1.29, 1.82) is 5.26 Å². The fraction of sp³-hybridized carbons (Fsp3) is 0.0476. The molecule has 8 heteroatoms. The van der Waals surface area contributed by atoms with E-state index in [4.69, 9.17) is 26.4 Å². The molecule has 0 saturated heterocycles. The summed E-state index contributed by atoms with van der Waals surface area (Å²) in [4.78, 5) is 3.98. The molecule has 0 aliphatic rings. The van der Waals surface area contributed by atoms with Gasteiger partial charge >= 0.3 is 0 Å². The van der Waals surface area contributed by atoms with Crippen LogP contribution in [0.1, 0.15) is 17.1 Å². The molecule has 0 spiro atoms. The van der Waals surface area contributed by atoms with Crippen LogP contribution >= 0.6 is 11.6 Å². The van der Waals surface area contributed by atoms with E-state index in [2.05, 4.69) is 15.5 Å². The number of hydrogen-bond donors (Lipinski definition) is 1. The van der Waals surface area contributed by atoms with Crippen LogP contribution in [-0.2, 0) is 0 Å². The second kappa shape index (κ2) is 8.00. The fourth-order valence-electron chi connectivity index (χ4n) is 2.77. The van der Waals surface area contributed by atoms with E-state index in [1.165, 1.54) is 0 Å². The van der Waals surface area contributed by atoms with E-state index in [0.29, 0.717) is 10.9 Å². The Morgan fingerprint density at radius 3 is 2.66 bits per heavy atom. The van der Waals surface area contributed by atoms with E-state index in [1.54, 1.807) is 17.8 Å². The van der Waals surface area contributed by atoms with Gasteiger partial charge in [0.1, 0.15) is 11.8 Å². The number of halogens is 1. The number of aryl methyl sites for hydroxylation is 1. The van der Waals surface area contributed by atoms with E-state index in [9.17, 15) is 0 Å². The van der Waals surface area contributed by atoms with E-state index < -0.39 is 0 Å². The highest BCUT2D eigenvalue weighted by molar-refractivity contribution is 6.30. The molecule has 142 valence electrons. The zero-order valence-electron chi connectivity index (χ0n) is 15.4. The Hall–Kier alpha value is -3.89. The van der Waals surface area contributed by atoms with Crippen LogP contribution < -0.4 is 5.43 Å². The number of nitriles is 1. The van der Waals surface area contributed by atoms with Crippen molar-refractivity contribution in [3.05, 3.63) is 83.0 Å². The second-order valence-electron chi connectivity index (χ2n) is 6.11. The molecule has 0 saturated carbocycles. The maximum absolute atomic E-state index is 9.10. The summed E-state index contributed by atoms with van der Waals surface area (Å²) in [6.07, 6.45) is 3.50. The Morgan fingerprint density at radius 2 is 1.93 bits per heavy atom. The summed E-state index contributed by atoms with van der Waals surface area (Å²) in [5.74, 6) is 0.586. The SMILES string of the molecule is Cc1nc(C#N)c(N/N=C/c2cn(-c3ccccc3)nc2-c2ccc(Cl)cc2)o1. The van der Waals surface area contributed by atoms with Crippen LogP contribution in [0.4, 0.5) is 5.88 Å². The molecule has 0 aliphatic heterocycles. The van der Waals surface area contributed by atoms with Gasteiger partial charge in [0.05, 0.1) is 11.9 Å². The van der Waals surface area contributed by atoms with Gasteiger partial charge in [-0.1, -0.05) is 41.9 Å². The molecule has 2 aromatic carbocycles. The van der Waals surface area contributed by atoms with Gasteiger partial charge in [-0.3, -0.25) is 0 Å². The Balaban J connectivity index is 1.70. The lowest BCUT2D eigenvalue weighted by Crippen LogP contribution is -1.93. The number of para-hydroxylation sites is 1. The Labute approximate surface area is 171 Å². The highest BCUT2D eigenvalue weighted by atomic mass is 35.5. The molecule has 2 heterocycles. The van der Waals surface area contributed by atoms with Gasteiger partial charge in [0.25, 0.3) is 5.88 Å². The molecule has 4 rings (SSSR count). The molecule has 0 aliphatic carbocycles. The molecule has 0 fully saturated rings. The van der Waals surface area contributed by atoms with Crippen molar-refractivity contribution in [2.45, 2.75) is 6.92 Å². The van der Waals surface area contributed by atoms with Gasteiger partial charge in [0.15, 0.2) is 5.89 Å². The fourth-order valence-corrected chi connectivity index (χ4v) is 2.89. The van der Waals surface area contributed by atoms with Gasteiger partial charge < -0.3 is 4.42 Å². The number of nitrogens with zero attached hydrogens (tertiary/aromatic N) is 5. The molecule has 0 atom stereocenters.